The highest BCUT2D eigenvalue weighted by atomic mass is 32.1. The van der Waals surface area contributed by atoms with Crippen LogP contribution in [0.2, 0.25) is 0 Å². The largest absolute Gasteiger partial charge is 0.366 e. The van der Waals surface area contributed by atoms with E-state index in [2.05, 4.69) is 41.1 Å². The zero-order valence-corrected chi connectivity index (χ0v) is 21.0. The molecule has 5 rings (SSSR count). The quantitative estimate of drug-likeness (QED) is 0.482. The average Bonchev–Trinajstić information content (AvgIpc) is 3.45. The van der Waals surface area contributed by atoms with E-state index in [4.69, 9.17) is 5.73 Å². The molecule has 0 spiro atoms. The van der Waals surface area contributed by atoms with Crippen LogP contribution in [0.5, 0.6) is 0 Å². The Bertz CT molecular complexity index is 1280. The lowest BCUT2D eigenvalue weighted by molar-refractivity contribution is 0.0982. The summed E-state index contributed by atoms with van der Waals surface area (Å²) in [4.78, 5) is 29.2. The standard InChI is InChI=1S/C27H29N5O2S/c1-16-4-9-22(14-23(16)20-10-12-21(13-11-20)24(28)33)25(34)31(15-19-7-8-19)26-29-30-27(35-26)32-17(2)5-6-18(32)3/h4-6,9-14,17-19H,7-8,15H2,1-3H3,(H2,28,33). The van der Waals surface area contributed by atoms with Crippen LogP contribution in [0.1, 0.15) is 53.0 Å². The summed E-state index contributed by atoms with van der Waals surface area (Å²) in [5.41, 5.74) is 9.36. The van der Waals surface area contributed by atoms with Gasteiger partial charge in [-0.25, -0.2) is 0 Å². The summed E-state index contributed by atoms with van der Waals surface area (Å²) >= 11 is 1.47. The van der Waals surface area contributed by atoms with E-state index in [0.717, 1.165) is 34.7 Å². The van der Waals surface area contributed by atoms with Gasteiger partial charge in [-0.1, -0.05) is 41.7 Å². The summed E-state index contributed by atoms with van der Waals surface area (Å²) in [6, 6.07) is 13.4. The molecule has 35 heavy (non-hydrogen) atoms. The van der Waals surface area contributed by atoms with Gasteiger partial charge in [0, 0.05) is 29.8 Å². The summed E-state index contributed by atoms with van der Waals surface area (Å²) in [6.07, 6.45) is 6.60. The molecule has 3 aromatic rings. The minimum absolute atomic E-state index is 0.0738. The van der Waals surface area contributed by atoms with E-state index in [-0.39, 0.29) is 18.0 Å². The smallest absolute Gasteiger partial charge is 0.260 e. The Morgan fingerprint density at radius 1 is 1.03 bits per heavy atom. The van der Waals surface area contributed by atoms with Crippen molar-refractivity contribution in [2.45, 2.75) is 45.7 Å². The van der Waals surface area contributed by atoms with Crippen molar-refractivity contribution in [1.29, 1.82) is 0 Å². The van der Waals surface area contributed by atoms with Crippen LogP contribution >= 0.6 is 11.3 Å². The Hall–Kier alpha value is -3.52. The number of hydrogen-bond donors (Lipinski definition) is 1. The summed E-state index contributed by atoms with van der Waals surface area (Å²) in [7, 11) is 0. The Kier molecular flexibility index (Phi) is 6.15. The van der Waals surface area contributed by atoms with Gasteiger partial charge < -0.3 is 10.6 Å². The molecule has 2 amide bonds. The Balaban J connectivity index is 1.45. The zero-order valence-electron chi connectivity index (χ0n) is 20.1. The maximum atomic E-state index is 13.8. The highest BCUT2D eigenvalue weighted by Crippen LogP contribution is 2.37. The third kappa shape index (κ3) is 4.71. The molecule has 1 fully saturated rings. The fraction of sp³-hybridized carbons (Fsp3) is 0.333. The molecule has 1 aliphatic heterocycles. The molecule has 2 aromatic carbocycles. The van der Waals surface area contributed by atoms with Gasteiger partial charge in [0.1, 0.15) is 0 Å². The molecule has 0 radical (unpaired) electrons. The summed E-state index contributed by atoms with van der Waals surface area (Å²) in [5, 5.41) is 10.4. The van der Waals surface area contributed by atoms with Gasteiger partial charge in [-0.3, -0.25) is 14.5 Å². The van der Waals surface area contributed by atoms with Gasteiger partial charge >= 0.3 is 0 Å². The van der Waals surface area contributed by atoms with Gasteiger partial charge in [-0.2, -0.15) is 0 Å². The third-order valence-corrected chi connectivity index (χ3v) is 7.71. The number of rotatable bonds is 7. The van der Waals surface area contributed by atoms with E-state index in [1.54, 1.807) is 17.0 Å². The highest BCUT2D eigenvalue weighted by molar-refractivity contribution is 7.19. The predicted molar refractivity (Wildman–Crippen MR) is 140 cm³/mol. The Labute approximate surface area is 209 Å². The maximum Gasteiger partial charge on any atom is 0.260 e. The number of amides is 2. The van der Waals surface area contributed by atoms with Gasteiger partial charge in [0.05, 0.1) is 0 Å². The molecule has 0 bridgehead atoms. The number of carbonyl (C=O) groups excluding carboxylic acids is 2. The molecular weight excluding hydrogens is 458 g/mol. The van der Waals surface area contributed by atoms with Crippen molar-refractivity contribution in [3.05, 3.63) is 71.3 Å². The zero-order chi connectivity index (χ0) is 24.7. The summed E-state index contributed by atoms with van der Waals surface area (Å²) < 4.78 is 0. The molecule has 2 unspecified atom stereocenters. The number of primary amides is 1. The van der Waals surface area contributed by atoms with Gasteiger partial charge in [-0.15, -0.1) is 10.2 Å². The molecule has 2 N–H and O–H groups in total. The van der Waals surface area contributed by atoms with Crippen LogP contribution < -0.4 is 15.5 Å². The fourth-order valence-electron chi connectivity index (χ4n) is 4.49. The van der Waals surface area contributed by atoms with Crippen molar-refractivity contribution in [2.75, 3.05) is 16.3 Å². The van der Waals surface area contributed by atoms with Crippen molar-refractivity contribution < 1.29 is 9.59 Å². The van der Waals surface area contributed by atoms with E-state index in [1.807, 2.05) is 37.3 Å². The number of nitrogens with two attached hydrogens (primary N) is 1. The number of nitrogens with zero attached hydrogens (tertiary/aromatic N) is 4. The molecule has 0 saturated heterocycles. The van der Waals surface area contributed by atoms with E-state index < -0.39 is 5.91 Å². The van der Waals surface area contributed by atoms with Crippen molar-refractivity contribution >= 4 is 33.4 Å². The predicted octanol–water partition coefficient (Wildman–Crippen LogP) is 4.82. The molecule has 180 valence electrons. The molecule has 2 heterocycles. The Morgan fingerprint density at radius 3 is 2.31 bits per heavy atom. The number of aryl methyl sites for hydroxylation is 1. The van der Waals surface area contributed by atoms with Gasteiger partial charge in [0.2, 0.25) is 16.2 Å². The van der Waals surface area contributed by atoms with Crippen molar-refractivity contribution in [3.8, 4) is 11.1 Å². The van der Waals surface area contributed by atoms with Gasteiger partial charge in [0.25, 0.3) is 5.91 Å². The van der Waals surface area contributed by atoms with E-state index in [9.17, 15) is 9.59 Å². The van der Waals surface area contributed by atoms with Crippen LogP contribution in [0.15, 0.2) is 54.6 Å². The maximum absolute atomic E-state index is 13.8. The van der Waals surface area contributed by atoms with Crippen LogP contribution in [0.25, 0.3) is 11.1 Å². The topological polar surface area (TPSA) is 92.4 Å². The molecule has 1 aromatic heterocycles. The van der Waals surface area contributed by atoms with Crippen LogP contribution in [-0.2, 0) is 0 Å². The monoisotopic (exact) mass is 487 g/mol. The number of aromatic nitrogens is 2. The third-order valence-electron chi connectivity index (χ3n) is 6.75. The average molecular weight is 488 g/mol. The molecular formula is C27H29N5O2S. The van der Waals surface area contributed by atoms with Gasteiger partial charge in [-0.05, 0) is 80.5 Å². The minimum atomic E-state index is -0.460. The Morgan fingerprint density at radius 2 is 1.69 bits per heavy atom. The SMILES string of the molecule is Cc1ccc(C(=O)N(CC2CC2)c2nnc(N3C(C)C=CC3C)s2)cc1-c1ccc(C(N)=O)cc1. The second-order valence-electron chi connectivity index (χ2n) is 9.47. The number of anilines is 2. The van der Waals surface area contributed by atoms with Crippen molar-refractivity contribution in [1.82, 2.24) is 10.2 Å². The lowest BCUT2D eigenvalue weighted by atomic mass is 9.96. The van der Waals surface area contributed by atoms with E-state index in [1.165, 1.54) is 11.3 Å². The number of carbonyl (C=O) groups is 2. The van der Waals surface area contributed by atoms with Crippen molar-refractivity contribution in [3.63, 3.8) is 0 Å². The lowest BCUT2D eigenvalue weighted by Crippen LogP contribution is -2.33. The van der Waals surface area contributed by atoms with Crippen LogP contribution in [0, 0.1) is 12.8 Å². The van der Waals surface area contributed by atoms with Crippen LogP contribution in [0.4, 0.5) is 10.3 Å². The highest BCUT2D eigenvalue weighted by Gasteiger charge is 2.32. The number of hydrogen-bond acceptors (Lipinski definition) is 6. The summed E-state index contributed by atoms with van der Waals surface area (Å²) in [6.45, 7) is 6.93. The summed E-state index contributed by atoms with van der Waals surface area (Å²) in [5.74, 6) is -0.0306. The first-order valence-corrected chi connectivity index (χ1v) is 12.8. The number of benzene rings is 2. The molecule has 2 atom stereocenters. The first kappa shape index (κ1) is 23.2. The second-order valence-corrected chi connectivity index (χ2v) is 10.4. The van der Waals surface area contributed by atoms with Crippen molar-refractivity contribution in [2.24, 2.45) is 11.7 Å². The first-order valence-electron chi connectivity index (χ1n) is 11.9. The first-order chi connectivity index (χ1) is 16.8. The fourth-order valence-corrected chi connectivity index (χ4v) is 5.52. The van der Waals surface area contributed by atoms with Crippen LogP contribution in [-0.4, -0.2) is 40.6 Å². The van der Waals surface area contributed by atoms with E-state index >= 15 is 0 Å². The molecule has 2 aliphatic rings. The second kappa shape index (κ2) is 9.26. The normalized spacial score (nSPS) is 19.2. The molecule has 8 heteroatoms. The van der Waals surface area contributed by atoms with E-state index in [0.29, 0.717) is 28.7 Å². The minimum Gasteiger partial charge on any atom is -0.366 e. The molecule has 1 aliphatic carbocycles. The van der Waals surface area contributed by atoms with Crippen LogP contribution in [0.3, 0.4) is 0 Å². The lowest BCUT2D eigenvalue weighted by Gasteiger charge is -2.25. The van der Waals surface area contributed by atoms with Gasteiger partial charge in [0.15, 0.2) is 0 Å². The molecule has 1 saturated carbocycles. The molecule has 7 nitrogen and oxygen atoms in total.